The molecule has 7 nitrogen and oxygen atoms in total. The molecule has 33 heavy (non-hydrogen) atoms. The molecular weight excluding hydrogens is 456 g/mol. The number of nitrogens with one attached hydrogen (secondary N) is 2. The zero-order valence-electron chi connectivity index (χ0n) is 17.8. The van der Waals surface area contributed by atoms with Gasteiger partial charge in [-0.3, -0.25) is 4.79 Å². The van der Waals surface area contributed by atoms with Crippen molar-refractivity contribution in [3.05, 3.63) is 83.5 Å². The molecule has 9 heteroatoms. The van der Waals surface area contributed by atoms with Crippen LogP contribution in [-0.2, 0) is 14.8 Å². The number of carbonyl (C=O) groups is 1. The molecule has 2 unspecified atom stereocenters. The Bertz CT molecular complexity index is 1350. The SMILES string of the molecule is O=C(NC(c1ccccc1)c1ccc2nc[nH]c2c1)C1CCCN(S(=O)(=O)c2cccs2)C1. The third kappa shape index (κ3) is 4.44. The lowest BCUT2D eigenvalue weighted by Gasteiger charge is -2.32. The van der Waals surface area contributed by atoms with E-state index in [2.05, 4.69) is 15.3 Å². The number of benzene rings is 2. The number of fused-ring (bicyclic) bond motifs is 1. The van der Waals surface area contributed by atoms with E-state index in [1.54, 1.807) is 23.8 Å². The first-order valence-electron chi connectivity index (χ1n) is 10.8. The summed E-state index contributed by atoms with van der Waals surface area (Å²) in [5.41, 5.74) is 3.65. The van der Waals surface area contributed by atoms with Crippen molar-refractivity contribution in [2.75, 3.05) is 13.1 Å². The minimum atomic E-state index is -3.58. The van der Waals surface area contributed by atoms with E-state index in [4.69, 9.17) is 0 Å². The maximum absolute atomic E-state index is 13.4. The van der Waals surface area contributed by atoms with Gasteiger partial charge in [0.25, 0.3) is 10.0 Å². The molecule has 0 radical (unpaired) electrons. The van der Waals surface area contributed by atoms with Gasteiger partial charge in [-0.25, -0.2) is 13.4 Å². The molecule has 1 aliphatic heterocycles. The quantitative estimate of drug-likeness (QED) is 0.437. The molecule has 2 N–H and O–H groups in total. The highest BCUT2D eigenvalue weighted by Crippen LogP contribution is 2.29. The number of amides is 1. The number of thiophene rings is 1. The number of aromatic nitrogens is 2. The first kappa shape index (κ1) is 21.8. The summed E-state index contributed by atoms with van der Waals surface area (Å²) in [7, 11) is -3.58. The minimum Gasteiger partial charge on any atom is -0.345 e. The summed E-state index contributed by atoms with van der Waals surface area (Å²) in [6.07, 6.45) is 2.96. The molecule has 1 fully saturated rings. The predicted molar refractivity (Wildman–Crippen MR) is 128 cm³/mol. The first-order chi connectivity index (χ1) is 16.0. The summed E-state index contributed by atoms with van der Waals surface area (Å²) in [4.78, 5) is 20.8. The molecule has 0 spiro atoms. The van der Waals surface area contributed by atoms with Crippen molar-refractivity contribution in [1.82, 2.24) is 19.6 Å². The number of H-pyrrole nitrogens is 1. The highest BCUT2D eigenvalue weighted by molar-refractivity contribution is 7.91. The summed E-state index contributed by atoms with van der Waals surface area (Å²) in [5, 5.41) is 4.94. The van der Waals surface area contributed by atoms with Gasteiger partial charge in [0.1, 0.15) is 4.21 Å². The number of rotatable bonds is 6. The average molecular weight is 481 g/mol. The Hall–Kier alpha value is -3.01. The lowest BCUT2D eigenvalue weighted by molar-refractivity contribution is -0.126. The molecule has 0 bridgehead atoms. The molecule has 0 saturated carbocycles. The zero-order valence-corrected chi connectivity index (χ0v) is 19.5. The molecule has 1 amide bonds. The monoisotopic (exact) mass is 480 g/mol. The molecular formula is C24H24N4O3S2. The number of piperidine rings is 1. The van der Waals surface area contributed by atoms with E-state index in [-0.39, 0.29) is 18.5 Å². The number of aromatic amines is 1. The van der Waals surface area contributed by atoms with Crippen LogP contribution in [0.25, 0.3) is 11.0 Å². The largest absolute Gasteiger partial charge is 0.345 e. The second-order valence-electron chi connectivity index (χ2n) is 8.17. The molecule has 0 aliphatic carbocycles. The van der Waals surface area contributed by atoms with Gasteiger partial charge >= 0.3 is 0 Å². The third-order valence-electron chi connectivity index (χ3n) is 6.04. The fraction of sp³-hybridized carbons (Fsp3) is 0.250. The Morgan fingerprint density at radius 2 is 1.97 bits per heavy atom. The topological polar surface area (TPSA) is 95.2 Å². The molecule has 5 rings (SSSR count). The summed E-state index contributed by atoms with van der Waals surface area (Å²) >= 11 is 1.20. The van der Waals surface area contributed by atoms with Crippen molar-refractivity contribution < 1.29 is 13.2 Å². The van der Waals surface area contributed by atoms with E-state index >= 15 is 0 Å². The Balaban J connectivity index is 1.39. The van der Waals surface area contributed by atoms with Crippen LogP contribution in [0.3, 0.4) is 0 Å². The molecule has 3 heterocycles. The van der Waals surface area contributed by atoms with Gasteiger partial charge in [-0.15, -0.1) is 11.3 Å². The number of hydrogen-bond donors (Lipinski definition) is 2. The maximum atomic E-state index is 13.4. The molecule has 2 atom stereocenters. The van der Waals surface area contributed by atoms with Crippen LogP contribution < -0.4 is 5.32 Å². The van der Waals surface area contributed by atoms with Crippen molar-refractivity contribution in [1.29, 1.82) is 0 Å². The highest BCUT2D eigenvalue weighted by atomic mass is 32.2. The van der Waals surface area contributed by atoms with E-state index in [0.717, 1.165) is 22.2 Å². The van der Waals surface area contributed by atoms with Gasteiger partial charge in [0, 0.05) is 13.1 Å². The Kier molecular flexibility index (Phi) is 6.01. The van der Waals surface area contributed by atoms with Crippen LogP contribution in [0.5, 0.6) is 0 Å². The van der Waals surface area contributed by atoms with Crippen LogP contribution >= 0.6 is 11.3 Å². The van der Waals surface area contributed by atoms with Gasteiger partial charge in [0.15, 0.2) is 0 Å². The van der Waals surface area contributed by atoms with Crippen LogP contribution in [0.4, 0.5) is 0 Å². The minimum absolute atomic E-state index is 0.139. The van der Waals surface area contributed by atoms with Crippen LogP contribution in [0, 0.1) is 5.92 Å². The van der Waals surface area contributed by atoms with E-state index in [1.165, 1.54) is 15.6 Å². The molecule has 1 aliphatic rings. The molecule has 2 aromatic carbocycles. The summed E-state index contributed by atoms with van der Waals surface area (Å²) < 4.78 is 27.7. The highest BCUT2D eigenvalue weighted by Gasteiger charge is 2.34. The van der Waals surface area contributed by atoms with Gasteiger partial charge in [-0.1, -0.05) is 42.5 Å². The van der Waals surface area contributed by atoms with Crippen LogP contribution in [0.2, 0.25) is 0 Å². The van der Waals surface area contributed by atoms with Gasteiger partial charge in [0.05, 0.1) is 29.3 Å². The van der Waals surface area contributed by atoms with E-state index < -0.39 is 15.9 Å². The van der Waals surface area contributed by atoms with Crippen molar-refractivity contribution in [2.24, 2.45) is 5.92 Å². The van der Waals surface area contributed by atoms with Crippen molar-refractivity contribution in [3.63, 3.8) is 0 Å². The van der Waals surface area contributed by atoms with Gasteiger partial charge in [-0.2, -0.15) is 4.31 Å². The van der Waals surface area contributed by atoms with Crippen molar-refractivity contribution >= 4 is 38.3 Å². The summed E-state index contributed by atoms with van der Waals surface area (Å²) in [6, 6.07) is 18.7. The summed E-state index contributed by atoms with van der Waals surface area (Å²) in [6.45, 7) is 0.621. The van der Waals surface area contributed by atoms with Crippen LogP contribution in [0.15, 0.2) is 76.6 Å². The normalized spacial score (nSPS) is 18.2. The second-order valence-corrected chi connectivity index (χ2v) is 11.3. The first-order valence-corrected chi connectivity index (χ1v) is 13.2. The number of hydrogen-bond acceptors (Lipinski definition) is 5. The van der Waals surface area contributed by atoms with E-state index in [0.29, 0.717) is 23.6 Å². The van der Waals surface area contributed by atoms with Gasteiger partial charge < -0.3 is 10.3 Å². The lowest BCUT2D eigenvalue weighted by Crippen LogP contribution is -2.46. The van der Waals surface area contributed by atoms with Crippen LogP contribution in [-0.4, -0.2) is 41.7 Å². The Morgan fingerprint density at radius 1 is 1.12 bits per heavy atom. The Morgan fingerprint density at radius 3 is 2.76 bits per heavy atom. The number of imidazole rings is 1. The van der Waals surface area contributed by atoms with Crippen LogP contribution in [0.1, 0.15) is 30.0 Å². The fourth-order valence-corrected chi connectivity index (χ4v) is 6.98. The summed E-state index contributed by atoms with van der Waals surface area (Å²) in [5.74, 6) is -0.546. The van der Waals surface area contributed by atoms with E-state index in [9.17, 15) is 13.2 Å². The number of sulfonamides is 1. The van der Waals surface area contributed by atoms with Crippen molar-refractivity contribution in [2.45, 2.75) is 23.1 Å². The van der Waals surface area contributed by atoms with Crippen molar-refractivity contribution in [3.8, 4) is 0 Å². The van der Waals surface area contributed by atoms with E-state index in [1.807, 2.05) is 48.5 Å². The number of nitrogens with zero attached hydrogens (tertiary/aromatic N) is 2. The predicted octanol–water partition coefficient (Wildman–Crippen LogP) is 3.93. The lowest BCUT2D eigenvalue weighted by atomic mass is 9.95. The third-order valence-corrected chi connectivity index (χ3v) is 9.28. The number of carbonyl (C=O) groups excluding carboxylic acids is 1. The van der Waals surface area contributed by atoms with Gasteiger partial charge in [-0.05, 0) is 47.5 Å². The molecule has 170 valence electrons. The maximum Gasteiger partial charge on any atom is 0.252 e. The molecule has 2 aromatic heterocycles. The zero-order chi connectivity index (χ0) is 22.8. The second kappa shape index (κ2) is 9.09. The molecule has 1 saturated heterocycles. The fourth-order valence-electron chi connectivity index (χ4n) is 4.31. The molecule has 4 aromatic rings. The standard InChI is InChI=1S/C24H24N4O3S2/c29-24(19-8-4-12-28(15-19)33(30,31)22-9-5-13-32-22)27-23(17-6-2-1-3-7-17)18-10-11-20-21(14-18)26-16-25-20/h1-3,5-7,9-11,13-14,16,19,23H,4,8,12,15H2,(H,25,26)(H,27,29). The smallest absolute Gasteiger partial charge is 0.252 e. The Labute approximate surface area is 196 Å². The van der Waals surface area contributed by atoms with Gasteiger partial charge in [0.2, 0.25) is 5.91 Å². The average Bonchev–Trinajstić information content (AvgIpc) is 3.55.